The standard InChI is InChI=1S/C39H61O3/c1-4-6-8-10-11-12-13-14-15-16-17-25-33-39(3,36-28-22-19-23-29-36)42-38(40)32-31-37(30-24-9-7-5-2)41-34-35-26-20-18-21-27-35/h18-23,26-29,37H,3-17,24-25,30-34H2,1-2H3. The van der Waals surface area contributed by atoms with Crippen LogP contribution in [-0.2, 0) is 26.5 Å². The van der Waals surface area contributed by atoms with Crippen molar-refractivity contribution < 1.29 is 14.3 Å². The van der Waals surface area contributed by atoms with Crippen LogP contribution in [0.25, 0.3) is 0 Å². The molecule has 3 nitrogen and oxygen atoms in total. The van der Waals surface area contributed by atoms with E-state index in [0.717, 1.165) is 37.7 Å². The van der Waals surface area contributed by atoms with Crippen LogP contribution in [0.2, 0.25) is 0 Å². The normalized spacial score (nSPS) is 13.5. The molecule has 0 saturated carbocycles. The summed E-state index contributed by atoms with van der Waals surface area (Å²) in [4.78, 5) is 13.2. The van der Waals surface area contributed by atoms with Gasteiger partial charge in [0.15, 0.2) is 0 Å². The van der Waals surface area contributed by atoms with Crippen molar-refractivity contribution >= 4 is 5.97 Å². The van der Waals surface area contributed by atoms with Gasteiger partial charge in [0, 0.05) is 6.42 Å². The lowest BCUT2D eigenvalue weighted by atomic mass is 9.89. The van der Waals surface area contributed by atoms with E-state index in [1.54, 1.807) is 0 Å². The van der Waals surface area contributed by atoms with E-state index >= 15 is 0 Å². The van der Waals surface area contributed by atoms with Crippen LogP contribution in [0.3, 0.4) is 0 Å². The van der Waals surface area contributed by atoms with Crippen LogP contribution in [-0.4, -0.2) is 12.1 Å². The molecule has 0 aliphatic heterocycles. The van der Waals surface area contributed by atoms with Gasteiger partial charge in [0.2, 0.25) is 0 Å². The van der Waals surface area contributed by atoms with Crippen LogP contribution < -0.4 is 0 Å². The molecule has 0 spiro atoms. The Hall–Kier alpha value is -2.13. The molecule has 0 amide bonds. The minimum Gasteiger partial charge on any atom is -0.454 e. The molecule has 0 saturated heterocycles. The van der Waals surface area contributed by atoms with Gasteiger partial charge in [0.1, 0.15) is 5.60 Å². The topological polar surface area (TPSA) is 35.5 Å². The van der Waals surface area contributed by atoms with E-state index in [9.17, 15) is 4.79 Å². The first-order valence-corrected chi connectivity index (χ1v) is 17.4. The molecular formula is C39H61O3. The molecule has 2 atom stereocenters. The van der Waals surface area contributed by atoms with Gasteiger partial charge in [-0.25, -0.2) is 0 Å². The molecule has 3 heteroatoms. The number of ether oxygens (including phenoxy) is 2. The van der Waals surface area contributed by atoms with Crippen LogP contribution >= 0.6 is 0 Å². The number of rotatable bonds is 26. The van der Waals surface area contributed by atoms with Gasteiger partial charge in [-0.3, -0.25) is 4.79 Å². The molecule has 2 unspecified atom stereocenters. The van der Waals surface area contributed by atoms with Gasteiger partial charge in [-0.1, -0.05) is 171 Å². The number of benzene rings is 2. The fraction of sp³-hybridized carbons (Fsp3) is 0.641. The van der Waals surface area contributed by atoms with Gasteiger partial charge in [0.25, 0.3) is 0 Å². The molecule has 0 N–H and O–H groups in total. The van der Waals surface area contributed by atoms with Crippen molar-refractivity contribution in [1.29, 1.82) is 0 Å². The second kappa shape index (κ2) is 23.3. The van der Waals surface area contributed by atoms with Gasteiger partial charge in [-0.2, -0.15) is 0 Å². The maximum absolute atomic E-state index is 13.2. The maximum Gasteiger partial charge on any atom is 0.306 e. The minimum atomic E-state index is -0.835. The summed E-state index contributed by atoms with van der Waals surface area (Å²) in [5, 5.41) is 0. The van der Waals surface area contributed by atoms with Crippen LogP contribution in [0.5, 0.6) is 0 Å². The van der Waals surface area contributed by atoms with E-state index in [1.165, 1.54) is 89.0 Å². The Kier molecular flexibility index (Phi) is 20.0. The monoisotopic (exact) mass is 577 g/mol. The molecular weight excluding hydrogens is 516 g/mol. The van der Waals surface area contributed by atoms with Crippen molar-refractivity contribution in [1.82, 2.24) is 0 Å². The predicted molar refractivity (Wildman–Crippen MR) is 178 cm³/mol. The van der Waals surface area contributed by atoms with E-state index in [0.29, 0.717) is 19.4 Å². The molecule has 0 aliphatic carbocycles. The Morgan fingerprint density at radius 2 is 1.17 bits per heavy atom. The van der Waals surface area contributed by atoms with Crippen molar-refractivity contribution in [2.75, 3.05) is 0 Å². The van der Waals surface area contributed by atoms with Crippen molar-refractivity contribution in [2.24, 2.45) is 0 Å². The molecule has 0 bridgehead atoms. The summed E-state index contributed by atoms with van der Waals surface area (Å²) in [6.07, 6.45) is 23.3. The number of unbranched alkanes of at least 4 members (excludes halogenated alkanes) is 14. The van der Waals surface area contributed by atoms with E-state index < -0.39 is 5.60 Å². The van der Waals surface area contributed by atoms with Crippen molar-refractivity contribution in [2.45, 2.75) is 161 Å². The van der Waals surface area contributed by atoms with Gasteiger partial charge < -0.3 is 9.47 Å². The number of hydrogen-bond donors (Lipinski definition) is 0. The zero-order valence-electron chi connectivity index (χ0n) is 27.1. The molecule has 0 heterocycles. The zero-order chi connectivity index (χ0) is 30.1. The zero-order valence-corrected chi connectivity index (χ0v) is 27.1. The summed E-state index contributed by atoms with van der Waals surface area (Å²) in [7, 11) is 0. The number of carbonyl (C=O) groups excluding carboxylic acids is 1. The number of carbonyl (C=O) groups is 1. The third-order valence-electron chi connectivity index (χ3n) is 8.42. The first-order chi connectivity index (χ1) is 20.6. The second-order valence-corrected chi connectivity index (χ2v) is 12.3. The number of hydrogen-bond acceptors (Lipinski definition) is 3. The quantitative estimate of drug-likeness (QED) is 0.0824. The van der Waals surface area contributed by atoms with Crippen molar-refractivity contribution in [3.63, 3.8) is 0 Å². The summed E-state index contributed by atoms with van der Waals surface area (Å²) in [6, 6.07) is 20.4. The largest absolute Gasteiger partial charge is 0.454 e. The van der Waals surface area contributed by atoms with Crippen molar-refractivity contribution in [3.8, 4) is 0 Å². The van der Waals surface area contributed by atoms with Gasteiger partial charge in [0.05, 0.1) is 12.7 Å². The fourth-order valence-corrected chi connectivity index (χ4v) is 5.69. The highest BCUT2D eigenvalue weighted by Crippen LogP contribution is 2.32. The van der Waals surface area contributed by atoms with Crippen LogP contribution in [0.15, 0.2) is 60.7 Å². The van der Waals surface area contributed by atoms with Gasteiger partial charge in [-0.05, 0) is 43.7 Å². The van der Waals surface area contributed by atoms with E-state index in [-0.39, 0.29) is 12.1 Å². The molecule has 2 aromatic carbocycles. The Balaban J connectivity index is 1.79. The summed E-state index contributed by atoms with van der Waals surface area (Å²) < 4.78 is 12.5. The summed E-state index contributed by atoms with van der Waals surface area (Å²) in [5.74, 6) is -0.172. The molecule has 1 radical (unpaired) electrons. The Morgan fingerprint density at radius 3 is 1.74 bits per heavy atom. The minimum absolute atomic E-state index is 0.0573. The molecule has 0 aromatic heterocycles. The van der Waals surface area contributed by atoms with Gasteiger partial charge >= 0.3 is 5.97 Å². The second-order valence-electron chi connectivity index (χ2n) is 12.3. The van der Waals surface area contributed by atoms with E-state index in [2.05, 4.69) is 32.9 Å². The highest BCUT2D eigenvalue weighted by Gasteiger charge is 2.31. The summed E-state index contributed by atoms with van der Waals surface area (Å²) in [6.45, 7) is 9.55. The third-order valence-corrected chi connectivity index (χ3v) is 8.42. The average Bonchev–Trinajstić information content (AvgIpc) is 3.01. The predicted octanol–water partition coefficient (Wildman–Crippen LogP) is 11.7. The van der Waals surface area contributed by atoms with E-state index in [4.69, 9.17) is 9.47 Å². The first kappa shape index (κ1) is 36.1. The lowest BCUT2D eigenvalue weighted by molar-refractivity contribution is -0.158. The molecule has 235 valence electrons. The van der Waals surface area contributed by atoms with E-state index in [1.807, 2.05) is 48.5 Å². The number of esters is 1. The summed E-state index contributed by atoms with van der Waals surface area (Å²) in [5.41, 5.74) is 1.32. The smallest absolute Gasteiger partial charge is 0.306 e. The van der Waals surface area contributed by atoms with Gasteiger partial charge in [-0.15, -0.1) is 0 Å². The Morgan fingerprint density at radius 1 is 0.667 bits per heavy atom. The molecule has 2 rings (SSSR count). The Labute approximate surface area is 259 Å². The molecule has 0 fully saturated rings. The molecule has 0 aliphatic rings. The van der Waals surface area contributed by atoms with Crippen LogP contribution in [0, 0.1) is 6.92 Å². The molecule has 2 aromatic rings. The first-order valence-electron chi connectivity index (χ1n) is 17.4. The summed E-state index contributed by atoms with van der Waals surface area (Å²) >= 11 is 0. The molecule has 42 heavy (non-hydrogen) atoms. The maximum atomic E-state index is 13.2. The Bertz CT molecular complexity index is 896. The highest BCUT2D eigenvalue weighted by atomic mass is 16.6. The SMILES string of the molecule is [CH2]C(CCCCCCCCCCCCCC)(OC(=O)CCC(CCCCCC)OCc1ccccc1)c1ccccc1. The highest BCUT2D eigenvalue weighted by molar-refractivity contribution is 5.70. The average molecular weight is 578 g/mol. The van der Waals surface area contributed by atoms with Crippen LogP contribution in [0.1, 0.15) is 153 Å². The van der Waals surface area contributed by atoms with Crippen molar-refractivity contribution in [3.05, 3.63) is 78.7 Å². The third kappa shape index (κ3) is 16.5. The lowest BCUT2D eigenvalue weighted by Crippen LogP contribution is -2.30. The fourth-order valence-electron chi connectivity index (χ4n) is 5.69. The van der Waals surface area contributed by atoms with Crippen LogP contribution in [0.4, 0.5) is 0 Å². The lowest BCUT2D eigenvalue weighted by Gasteiger charge is -2.30.